The molecule has 0 aliphatic carbocycles. The molecule has 0 saturated carbocycles. The lowest BCUT2D eigenvalue weighted by Crippen LogP contribution is -2.45. The van der Waals surface area contributed by atoms with Crippen LogP contribution in [0.25, 0.3) is 0 Å². The van der Waals surface area contributed by atoms with Gasteiger partial charge in [-0.15, -0.1) is 0 Å². The quantitative estimate of drug-likeness (QED) is 0.774. The van der Waals surface area contributed by atoms with Crippen LogP contribution in [0.5, 0.6) is 0 Å². The van der Waals surface area contributed by atoms with Gasteiger partial charge in [0, 0.05) is 25.0 Å². The predicted molar refractivity (Wildman–Crippen MR) is 79.3 cm³/mol. The topological polar surface area (TPSA) is 57.7 Å². The molecule has 0 radical (unpaired) electrons. The van der Waals surface area contributed by atoms with Crippen LogP contribution in [0.3, 0.4) is 0 Å². The molecule has 5 nitrogen and oxygen atoms in total. The molecule has 2 unspecified atom stereocenters. The number of nitrogens with zero attached hydrogens (tertiary/aromatic N) is 2. The summed E-state index contributed by atoms with van der Waals surface area (Å²) in [5.74, 6) is 0.492. The summed E-state index contributed by atoms with van der Waals surface area (Å²) in [6.07, 6.45) is 4.60. The summed E-state index contributed by atoms with van der Waals surface area (Å²) in [4.78, 5) is 16.5. The van der Waals surface area contributed by atoms with Gasteiger partial charge in [0.1, 0.15) is 0 Å². The summed E-state index contributed by atoms with van der Waals surface area (Å²) < 4.78 is 23.2. The number of sulfone groups is 1. The number of piperidine rings is 1. The van der Waals surface area contributed by atoms with Crippen LogP contribution in [0, 0.1) is 0 Å². The Labute approximate surface area is 122 Å². The van der Waals surface area contributed by atoms with Gasteiger partial charge in [-0.2, -0.15) is 0 Å². The normalized spacial score (nSPS) is 30.3. The fourth-order valence-corrected chi connectivity index (χ4v) is 5.11. The van der Waals surface area contributed by atoms with E-state index in [1.807, 2.05) is 6.92 Å². The molecule has 0 aromatic heterocycles. The van der Waals surface area contributed by atoms with E-state index in [2.05, 4.69) is 11.9 Å². The van der Waals surface area contributed by atoms with Crippen molar-refractivity contribution in [3.8, 4) is 0 Å². The lowest BCUT2D eigenvalue weighted by atomic mass is 9.99. The summed E-state index contributed by atoms with van der Waals surface area (Å²) in [5, 5.41) is 0. The van der Waals surface area contributed by atoms with E-state index in [4.69, 9.17) is 0 Å². The van der Waals surface area contributed by atoms with Crippen molar-refractivity contribution in [1.82, 2.24) is 9.80 Å². The first-order chi connectivity index (χ1) is 9.43. The van der Waals surface area contributed by atoms with Gasteiger partial charge < -0.3 is 9.80 Å². The Kier molecular flexibility index (Phi) is 5.07. The van der Waals surface area contributed by atoms with E-state index in [1.54, 1.807) is 4.90 Å². The smallest absolute Gasteiger partial charge is 0.224 e. The van der Waals surface area contributed by atoms with Crippen molar-refractivity contribution < 1.29 is 13.2 Å². The Bertz CT molecular complexity index is 449. The molecule has 0 spiro atoms. The van der Waals surface area contributed by atoms with Gasteiger partial charge in [0.2, 0.25) is 5.91 Å². The van der Waals surface area contributed by atoms with E-state index in [0.29, 0.717) is 25.4 Å². The standard InChI is InChI=1S/C14H26N2O3S/c1-3-16(13-7-9-20(18,19)11-13)14(17)10-12-6-4-5-8-15(12)2/h12-13H,3-11H2,1-2H3. The maximum atomic E-state index is 12.5. The molecular weight excluding hydrogens is 276 g/mol. The fraction of sp³-hybridized carbons (Fsp3) is 0.929. The molecule has 1 amide bonds. The van der Waals surface area contributed by atoms with E-state index < -0.39 is 9.84 Å². The van der Waals surface area contributed by atoms with Gasteiger partial charge in [0.15, 0.2) is 9.84 Å². The van der Waals surface area contributed by atoms with E-state index in [1.165, 1.54) is 12.8 Å². The van der Waals surface area contributed by atoms with Gasteiger partial charge in [-0.05, 0) is 39.8 Å². The lowest BCUT2D eigenvalue weighted by molar-refractivity contribution is -0.134. The minimum absolute atomic E-state index is 0.105. The number of rotatable bonds is 4. The van der Waals surface area contributed by atoms with Crippen molar-refractivity contribution in [2.45, 2.75) is 51.1 Å². The lowest BCUT2D eigenvalue weighted by Gasteiger charge is -2.34. The van der Waals surface area contributed by atoms with Crippen molar-refractivity contribution in [3.63, 3.8) is 0 Å². The van der Waals surface area contributed by atoms with Crippen LogP contribution in [-0.4, -0.2) is 67.9 Å². The molecule has 2 fully saturated rings. The second kappa shape index (κ2) is 6.43. The molecule has 116 valence electrons. The largest absolute Gasteiger partial charge is 0.339 e. The number of likely N-dealkylation sites (tertiary alicyclic amines) is 1. The Morgan fingerprint density at radius 2 is 2.05 bits per heavy atom. The first-order valence-corrected chi connectivity index (χ1v) is 9.45. The number of amides is 1. The first-order valence-electron chi connectivity index (χ1n) is 7.63. The molecule has 2 atom stereocenters. The van der Waals surface area contributed by atoms with Crippen LogP contribution in [0.2, 0.25) is 0 Å². The van der Waals surface area contributed by atoms with Crippen molar-refractivity contribution >= 4 is 15.7 Å². The number of hydrogen-bond acceptors (Lipinski definition) is 4. The van der Waals surface area contributed by atoms with Crippen molar-refractivity contribution in [3.05, 3.63) is 0 Å². The van der Waals surface area contributed by atoms with Gasteiger partial charge in [0.05, 0.1) is 11.5 Å². The van der Waals surface area contributed by atoms with E-state index in [0.717, 1.165) is 13.0 Å². The third-order valence-electron chi connectivity index (χ3n) is 4.64. The highest BCUT2D eigenvalue weighted by molar-refractivity contribution is 7.91. The zero-order valence-electron chi connectivity index (χ0n) is 12.5. The molecule has 20 heavy (non-hydrogen) atoms. The Balaban J connectivity index is 1.95. The molecule has 0 bridgehead atoms. The van der Waals surface area contributed by atoms with Crippen LogP contribution in [-0.2, 0) is 14.6 Å². The Morgan fingerprint density at radius 3 is 2.60 bits per heavy atom. The first kappa shape index (κ1) is 15.8. The van der Waals surface area contributed by atoms with Crippen LogP contribution in [0.15, 0.2) is 0 Å². The Hall–Kier alpha value is -0.620. The summed E-state index contributed by atoms with van der Waals surface area (Å²) in [6.45, 7) is 3.60. The third-order valence-corrected chi connectivity index (χ3v) is 6.39. The van der Waals surface area contributed by atoms with Gasteiger partial charge >= 0.3 is 0 Å². The highest BCUT2D eigenvalue weighted by Gasteiger charge is 2.34. The zero-order valence-corrected chi connectivity index (χ0v) is 13.4. The predicted octanol–water partition coefficient (Wildman–Crippen LogP) is 0.896. The van der Waals surface area contributed by atoms with E-state index >= 15 is 0 Å². The second-order valence-corrected chi connectivity index (χ2v) is 8.30. The van der Waals surface area contributed by atoms with E-state index in [9.17, 15) is 13.2 Å². The Morgan fingerprint density at radius 1 is 1.30 bits per heavy atom. The molecule has 2 saturated heterocycles. The second-order valence-electron chi connectivity index (χ2n) is 6.07. The van der Waals surface area contributed by atoms with Gasteiger partial charge in [0.25, 0.3) is 0 Å². The van der Waals surface area contributed by atoms with Crippen LogP contribution in [0.1, 0.15) is 39.0 Å². The zero-order chi connectivity index (χ0) is 14.8. The van der Waals surface area contributed by atoms with Gasteiger partial charge in [-0.25, -0.2) is 8.42 Å². The fourth-order valence-electron chi connectivity index (χ4n) is 3.38. The van der Waals surface area contributed by atoms with Gasteiger partial charge in [-0.3, -0.25) is 4.79 Å². The minimum Gasteiger partial charge on any atom is -0.339 e. The molecular formula is C14H26N2O3S. The van der Waals surface area contributed by atoms with Crippen molar-refractivity contribution in [1.29, 1.82) is 0 Å². The molecule has 2 rings (SSSR count). The van der Waals surface area contributed by atoms with E-state index in [-0.39, 0.29) is 23.5 Å². The van der Waals surface area contributed by atoms with Crippen LogP contribution < -0.4 is 0 Å². The number of carbonyl (C=O) groups excluding carboxylic acids is 1. The average Bonchev–Trinajstić information content (AvgIpc) is 2.73. The van der Waals surface area contributed by atoms with Crippen molar-refractivity contribution in [2.24, 2.45) is 0 Å². The molecule has 2 heterocycles. The maximum absolute atomic E-state index is 12.5. The number of carbonyl (C=O) groups is 1. The summed E-state index contributed by atoms with van der Waals surface area (Å²) >= 11 is 0. The van der Waals surface area contributed by atoms with Crippen LogP contribution in [0.4, 0.5) is 0 Å². The average molecular weight is 302 g/mol. The minimum atomic E-state index is -2.93. The number of hydrogen-bond donors (Lipinski definition) is 0. The molecule has 0 N–H and O–H groups in total. The highest BCUT2D eigenvalue weighted by Crippen LogP contribution is 2.22. The highest BCUT2D eigenvalue weighted by atomic mass is 32.2. The molecule has 2 aliphatic rings. The molecule has 0 aromatic rings. The van der Waals surface area contributed by atoms with Crippen LogP contribution >= 0.6 is 0 Å². The molecule has 0 aromatic carbocycles. The van der Waals surface area contributed by atoms with Gasteiger partial charge in [-0.1, -0.05) is 6.42 Å². The SMILES string of the molecule is CCN(C(=O)CC1CCCCN1C)C1CCS(=O)(=O)C1. The monoisotopic (exact) mass is 302 g/mol. The molecule has 6 heteroatoms. The summed E-state index contributed by atoms with van der Waals surface area (Å²) in [5.41, 5.74) is 0. The molecule has 2 aliphatic heterocycles. The summed E-state index contributed by atoms with van der Waals surface area (Å²) in [7, 11) is -0.855. The maximum Gasteiger partial charge on any atom is 0.224 e. The summed E-state index contributed by atoms with van der Waals surface area (Å²) in [6, 6.07) is 0.217. The van der Waals surface area contributed by atoms with Crippen molar-refractivity contribution in [2.75, 3.05) is 31.6 Å². The third kappa shape index (κ3) is 3.73.